The van der Waals surface area contributed by atoms with E-state index in [0.29, 0.717) is 33.7 Å². The third kappa shape index (κ3) is 4.24. The number of rotatable bonds is 6. The fraction of sp³-hybridized carbons (Fsp3) is 0.364. The van der Waals surface area contributed by atoms with Gasteiger partial charge in [0, 0.05) is 6.54 Å². The van der Waals surface area contributed by atoms with Crippen LogP contribution in [0.1, 0.15) is 13.3 Å². The first-order valence-electron chi connectivity index (χ1n) is 9.87. The average Bonchev–Trinajstić information content (AvgIpc) is 3.15. The Morgan fingerprint density at radius 2 is 1.83 bits per heavy atom. The SMILES string of the molecule is CC1Oc2ccccc2OC1C(=O)N(CCCN(C)C)c1nc2c(Cl)cccc2s1. The molecule has 0 radical (unpaired) electrons. The van der Waals surface area contributed by atoms with Crippen LogP contribution in [-0.4, -0.2) is 55.2 Å². The van der Waals surface area contributed by atoms with Crippen LogP contribution in [0.3, 0.4) is 0 Å². The van der Waals surface area contributed by atoms with E-state index in [9.17, 15) is 4.79 Å². The van der Waals surface area contributed by atoms with Gasteiger partial charge in [-0.05, 0) is 58.3 Å². The van der Waals surface area contributed by atoms with Crippen molar-refractivity contribution in [2.45, 2.75) is 25.6 Å². The molecule has 2 unspecified atom stereocenters. The van der Waals surface area contributed by atoms with Crippen molar-refractivity contribution >= 4 is 44.2 Å². The van der Waals surface area contributed by atoms with Crippen molar-refractivity contribution in [2.24, 2.45) is 0 Å². The lowest BCUT2D eigenvalue weighted by Crippen LogP contribution is -2.51. The van der Waals surface area contributed by atoms with Gasteiger partial charge in [0.15, 0.2) is 16.6 Å². The topological polar surface area (TPSA) is 54.9 Å². The molecule has 0 N–H and O–H groups in total. The van der Waals surface area contributed by atoms with Gasteiger partial charge in [0.05, 0.1) is 9.72 Å². The molecule has 0 fully saturated rings. The first-order valence-corrected chi connectivity index (χ1v) is 11.1. The maximum atomic E-state index is 13.6. The summed E-state index contributed by atoms with van der Waals surface area (Å²) in [5.41, 5.74) is 0.712. The lowest BCUT2D eigenvalue weighted by Gasteiger charge is -2.33. The molecule has 158 valence electrons. The van der Waals surface area contributed by atoms with Gasteiger partial charge in [0.2, 0.25) is 6.10 Å². The van der Waals surface area contributed by atoms with Crippen LogP contribution in [0.15, 0.2) is 42.5 Å². The number of nitrogens with zero attached hydrogens (tertiary/aromatic N) is 3. The largest absolute Gasteiger partial charge is 0.482 e. The van der Waals surface area contributed by atoms with Crippen molar-refractivity contribution in [2.75, 3.05) is 32.1 Å². The predicted octanol–water partition coefficient (Wildman–Crippen LogP) is 4.46. The van der Waals surface area contributed by atoms with E-state index in [4.69, 9.17) is 21.1 Å². The molecular formula is C22H24ClN3O3S. The molecule has 2 atom stereocenters. The van der Waals surface area contributed by atoms with Gasteiger partial charge in [-0.1, -0.05) is 41.1 Å². The molecule has 0 bridgehead atoms. The number of halogens is 1. The van der Waals surface area contributed by atoms with Gasteiger partial charge in [0.25, 0.3) is 5.91 Å². The first-order chi connectivity index (χ1) is 14.4. The number of hydrogen-bond acceptors (Lipinski definition) is 6. The minimum atomic E-state index is -0.748. The van der Waals surface area contributed by atoms with Crippen molar-refractivity contribution in [1.29, 1.82) is 0 Å². The molecule has 0 spiro atoms. The monoisotopic (exact) mass is 445 g/mol. The highest BCUT2D eigenvalue weighted by Gasteiger charge is 2.38. The molecule has 30 heavy (non-hydrogen) atoms. The maximum Gasteiger partial charge on any atom is 0.273 e. The third-order valence-electron chi connectivity index (χ3n) is 4.93. The van der Waals surface area contributed by atoms with E-state index in [0.717, 1.165) is 17.7 Å². The molecule has 1 aliphatic rings. The van der Waals surface area contributed by atoms with E-state index in [1.165, 1.54) is 11.3 Å². The van der Waals surface area contributed by atoms with Crippen LogP contribution >= 0.6 is 22.9 Å². The Kier molecular flexibility index (Phi) is 6.13. The number of aromatic nitrogens is 1. The van der Waals surface area contributed by atoms with Crippen molar-refractivity contribution in [3.05, 3.63) is 47.5 Å². The lowest BCUT2D eigenvalue weighted by atomic mass is 10.1. The Bertz CT molecular complexity index is 1060. The lowest BCUT2D eigenvalue weighted by molar-refractivity contribution is -0.130. The first kappa shape index (κ1) is 20.9. The van der Waals surface area contributed by atoms with Crippen molar-refractivity contribution in [1.82, 2.24) is 9.88 Å². The summed E-state index contributed by atoms with van der Waals surface area (Å²) < 4.78 is 13.0. The van der Waals surface area contributed by atoms with Crippen LogP contribution in [0.5, 0.6) is 11.5 Å². The second kappa shape index (κ2) is 8.79. The van der Waals surface area contributed by atoms with Gasteiger partial charge in [-0.3, -0.25) is 9.69 Å². The van der Waals surface area contributed by atoms with Crippen LogP contribution in [-0.2, 0) is 4.79 Å². The number of carbonyl (C=O) groups is 1. The summed E-state index contributed by atoms with van der Waals surface area (Å²) in [6, 6.07) is 13.1. The summed E-state index contributed by atoms with van der Waals surface area (Å²) in [6.45, 7) is 3.24. The van der Waals surface area contributed by atoms with Crippen molar-refractivity contribution in [3.8, 4) is 11.5 Å². The van der Waals surface area contributed by atoms with Crippen molar-refractivity contribution < 1.29 is 14.3 Å². The standard InChI is InChI=1S/C22H24ClN3O3S/c1-14-20(29-17-10-5-4-9-16(17)28-14)21(27)26(13-7-12-25(2)3)22-24-19-15(23)8-6-11-18(19)30-22/h4-6,8-11,14,20H,7,12-13H2,1-3H3. The average molecular weight is 446 g/mol. The highest BCUT2D eigenvalue weighted by atomic mass is 35.5. The van der Waals surface area contributed by atoms with E-state index >= 15 is 0 Å². The van der Waals surface area contributed by atoms with Crippen molar-refractivity contribution in [3.63, 3.8) is 0 Å². The molecule has 0 saturated carbocycles. The summed E-state index contributed by atoms with van der Waals surface area (Å²) in [5, 5.41) is 1.20. The Morgan fingerprint density at radius 3 is 2.53 bits per heavy atom. The fourth-order valence-corrected chi connectivity index (χ4v) is 4.70. The summed E-state index contributed by atoms with van der Waals surface area (Å²) >= 11 is 7.78. The molecule has 8 heteroatoms. The Balaban J connectivity index is 1.64. The number of benzene rings is 2. The molecular weight excluding hydrogens is 422 g/mol. The highest BCUT2D eigenvalue weighted by molar-refractivity contribution is 7.22. The van der Waals surface area contributed by atoms with Crippen LogP contribution in [0, 0.1) is 0 Å². The van der Waals surface area contributed by atoms with Gasteiger partial charge in [-0.15, -0.1) is 0 Å². The normalized spacial score (nSPS) is 18.0. The number of para-hydroxylation sites is 3. The molecule has 1 aromatic heterocycles. The van der Waals surface area contributed by atoms with Crippen LogP contribution in [0.25, 0.3) is 10.2 Å². The summed E-state index contributed by atoms with van der Waals surface area (Å²) in [4.78, 5) is 22.1. The van der Waals surface area contributed by atoms with E-state index in [2.05, 4.69) is 9.88 Å². The zero-order chi connectivity index (χ0) is 21.3. The van der Waals surface area contributed by atoms with E-state index in [1.54, 1.807) is 4.90 Å². The molecule has 4 rings (SSSR count). The van der Waals surface area contributed by atoms with E-state index in [-0.39, 0.29) is 5.91 Å². The highest BCUT2D eigenvalue weighted by Crippen LogP contribution is 2.36. The van der Waals surface area contributed by atoms with Gasteiger partial charge in [-0.25, -0.2) is 4.98 Å². The van der Waals surface area contributed by atoms with E-state index < -0.39 is 12.2 Å². The minimum absolute atomic E-state index is 0.161. The molecule has 0 saturated heterocycles. The van der Waals surface area contributed by atoms with Crippen LogP contribution < -0.4 is 14.4 Å². The molecule has 2 heterocycles. The molecule has 0 aliphatic carbocycles. The quantitative estimate of drug-likeness (QED) is 0.560. The van der Waals surface area contributed by atoms with Crippen LogP contribution in [0.2, 0.25) is 5.02 Å². The summed E-state index contributed by atoms with van der Waals surface area (Å²) in [5.74, 6) is 1.07. The summed E-state index contributed by atoms with van der Waals surface area (Å²) in [7, 11) is 4.03. The molecule has 6 nitrogen and oxygen atoms in total. The second-order valence-electron chi connectivity index (χ2n) is 7.54. The Hall–Kier alpha value is -2.35. The second-order valence-corrected chi connectivity index (χ2v) is 8.95. The van der Waals surface area contributed by atoms with Gasteiger partial charge >= 0.3 is 0 Å². The number of ether oxygens (including phenoxy) is 2. The minimum Gasteiger partial charge on any atom is -0.482 e. The van der Waals surface area contributed by atoms with Gasteiger partial charge in [-0.2, -0.15) is 0 Å². The Morgan fingerprint density at radius 1 is 1.10 bits per heavy atom. The molecule has 2 aromatic carbocycles. The number of anilines is 1. The molecule has 3 aromatic rings. The zero-order valence-electron chi connectivity index (χ0n) is 17.2. The number of amides is 1. The van der Waals surface area contributed by atoms with Crippen LogP contribution in [0.4, 0.5) is 5.13 Å². The smallest absolute Gasteiger partial charge is 0.273 e. The third-order valence-corrected chi connectivity index (χ3v) is 6.28. The number of thiazole rings is 1. The fourth-order valence-electron chi connectivity index (χ4n) is 3.41. The maximum absolute atomic E-state index is 13.6. The zero-order valence-corrected chi connectivity index (χ0v) is 18.7. The Labute approximate surface area is 185 Å². The van der Waals surface area contributed by atoms with Gasteiger partial charge < -0.3 is 14.4 Å². The number of fused-ring (bicyclic) bond motifs is 2. The van der Waals surface area contributed by atoms with Gasteiger partial charge in [0.1, 0.15) is 11.6 Å². The predicted molar refractivity (Wildman–Crippen MR) is 121 cm³/mol. The molecule has 1 amide bonds. The number of carbonyl (C=O) groups excluding carboxylic acids is 1. The number of hydrogen-bond donors (Lipinski definition) is 0. The summed E-state index contributed by atoms with van der Waals surface area (Å²) in [6.07, 6.45) is -0.357. The van der Waals surface area contributed by atoms with E-state index in [1.807, 2.05) is 63.5 Å². The molecule has 1 aliphatic heterocycles.